The molecule has 1 unspecified atom stereocenters. The lowest BCUT2D eigenvalue weighted by molar-refractivity contribution is -0.129. The summed E-state index contributed by atoms with van der Waals surface area (Å²) >= 11 is 1.27. The summed E-state index contributed by atoms with van der Waals surface area (Å²) in [5, 5.41) is 0.520. The highest BCUT2D eigenvalue weighted by Crippen LogP contribution is 2.26. The third kappa shape index (κ3) is 4.57. The number of pyridine rings is 1. The summed E-state index contributed by atoms with van der Waals surface area (Å²) in [7, 11) is 1.79. The van der Waals surface area contributed by atoms with Gasteiger partial charge in [0.15, 0.2) is 5.16 Å². The first-order valence-electron chi connectivity index (χ1n) is 10.3. The van der Waals surface area contributed by atoms with Gasteiger partial charge in [0.1, 0.15) is 5.82 Å². The van der Waals surface area contributed by atoms with Crippen LogP contribution in [0.2, 0.25) is 0 Å². The quantitative estimate of drug-likeness (QED) is 0.329. The molecular weight excluding hydrogens is 420 g/mol. The van der Waals surface area contributed by atoms with Crippen molar-refractivity contribution < 1.29 is 4.79 Å². The number of fused-ring (bicyclic) bond motifs is 1. The summed E-state index contributed by atoms with van der Waals surface area (Å²) in [5.41, 5.74) is 2.45. The van der Waals surface area contributed by atoms with Gasteiger partial charge in [-0.2, -0.15) is 0 Å². The number of hydrogen-bond acceptors (Lipinski definition) is 5. The van der Waals surface area contributed by atoms with Crippen molar-refractivity contribution in [3.05, 3.63) is 94.4 Å². The van der Waals surface area contributed by atoms with Gasteiger partial charge in [0.25, 0.3) is 5.56 Å². The SMILES string of the molecule is Cc1ccc(-n2c(SC(C)C(=O)N(C)Cc3ccccc3)nc3ccccc3c2=O)nc1. The number of benzene rings is 2. The lowest BCUT2D eigenvalue weighted by atomic mass is 10.2. The van der Waals surface area contributed by atoms with Gasteiger partial charge in [-0.05, 0) is 43.2 Å². The van der Waals surface area contributed by atoms with E-state index in [0.29, 0.717) is 28.4 Å². The third-order valence-electron chi connectivity index (χ3n) is 5.14. The van der Waals surface area contributed by atoms with E-state index in [1.807, 2.05) is 68.4 Å². The molecule has 7 heteroatoms. The van der Waals surface area contributed by atoms with Crippen molar-refractivity contribution in [2.75, 3.05) is 7.05 Å². The molecule has 0 saturated carbocycles. The Morgan fingerprint density at radius 2 is 1.78 bits per heavy atom. The molecule has 2 aromatic carbocycles. The van der Waals surface area contributed by atoms with Crippen molar-refractivity contribution in [1.29, 1.82) is 0 Å². The van der Waals surface area contributed by atoms with Crippen LogP contribution >= 0.6 is 11.8 Å². The molecule has 4 aromatic rings. The second-order valence-electron chi connectivity index (χ2n) is 7.69. The molecule has 32 heavy (non-hydrogen) atoms. The zero-order chi connectivity index (χ0) is 22.7. The number of rotatable bonds is 6. The molecule has 6 nitrogen and oxygen atoms in total. The Morgan fingerprint density at radius 1 is 1.06 bits per heavy atom. The fourth-order valence-corrected chi connectivity index (χ4v) is 4.47. The highest BCUT2D eigenvalue weighted by Gasteiger charge is 2.23. The molecule has 0 N–H and O–H groups in total. The molecule has 0 aliphatic carbocycles. The Hall–Kier alpha value is -3.45. The number of hydrogen-bond donors (Lipinski definition) is 0. The van der Waals surface area contributed by atoms with Crippen molar-refractivity contribution in [1.82, 2.24) is 19.4 Å². The Balaban J connectivity index is 1.68. The van der Waals surface area contributed by atoms with Gasteiger partial charge in [0, 0.05) is 19.8 Å². The summed E-state index contributed by atoms with van der Waals surface area (Å²) in [5.74, 6) is 0.448. The molecule has 0 spiro atoms. The standard InChI is InChI=1S/C25H24N4O2S/c1-17-13-14-22(26-15-17)29-24(31)20-11-7-8-12-21(20)27-25(29)32-18(2)23(30)28(3)16-19-9-5-4-6-10-19/h4-15,18H,16H2,1-3H3. The molecule has 2 heterocycles. The first kappa shape index (κ1) is 21.8. The minimum atomic E-state index is -0.437. The second-order valence-corrected chi connectivity index (χ2v) is 8.99. The average Bonchev–Trinajstić information content (AvgIpc) is 2.80. The van der Waals surface area contributed by atoms with E-state index in [0.717, 1.165) is 11.1 Å². The van der Waals surface area contributed by atoms with E-state index < -0.39 is 5.25 Å². The number of aromatic nitrogens is 3. The van der Waals surface area contributed by atoms with Crippen LogP contribution in [0.5, 0.6) is 0 Å². The molecule has 0 aliphatic heterocycles. The number of amides is 1. The molecule has 2 aromatic heterocycles. The molecule has 0 bridgehead atoms. The summed E-state index contributed by atoms with van der Waals surface area (Å²) < 4.78 is 1.49. The molecule has 0 saturated heterocycles. The molecular formula is C25H24N4O2S. The Kier molecular flexibility index (Phi) is 6.37. The Bertz CT molecular complexity index is 1300. The van der Waals surface area contributed by atoms with Gasteiger partial charge >= 0.3 is 0 Å². The third-order valence-corrected chi connectivity index (χ3v) is 6.18. The zero-order valence-electron chi connectivity index (χ0n) is 18.2. The van der Waals surface area contributed by atoms with Crippen molar-refractivity contribution in [3.8, 4) is 5.82 Å². The van der Waals surface area contributed by atoms with Crippen LogP contribution in [0.1, 0.15) is 18.1 Å². The van der Waals surface area contributed by atoms with Crippen LogP contribution in [-0.4, -0.2) is 37.6 Å². The van der Waals surface area contributed by atoms with E-state index in [-0.39, 0.29) is 11.5 Å². The number of carbonyl (C=O) groups is 1. The van der Waals surface area contributed by atoms with Gasteiger partial charge in [0.2, 0.25) is 5.91 Å². The average molecular weight is 445 g/mol. The largest absolute Gasteiger partial charge is 0.340 e. The molecule has 1 atom stereocenters. The van der Waals surface area contributed by atoms with Gasteiger partial charge in [-0.1, -0.05) is 60.3 Å². The molecule has 4 rings (SSSR count). The predicted molar refractivity (Wildman–Crippen MR) is 128 cm³/mol. The first-order chi connectivity index (χ1) is 15.4. The minimum Gasteiger partial charge on any atom is -0.340 e. The Morgan fingerprint density at radius 3 is 2.50 bits per heavy atom. The molecule has 0 fully saturated rings. The van der Waals surface area contributed by atoms with Gasteiger partial charge in [-0.3, -0.25) is 9.59 Å². The first-order valence-corrected chi connectivity index (χ1v) is 11.2. The summed E-state index contributed by atoms with van der Waals surface area (Å²) in [6, 6.07) is 20.8. The van der Waals surface area contributed by atoms with Crippen molar-refractivity contribution in [3.63, 3.8) is 0 Å². The Labute approximate surface area is 190 Å². The maximum atomic E-state index is 13.3. The highest BCUT2D eigenvalue weighted by atomic mass is 32.2. The van der Waals surface area contributed by atoms with Crippen molar-refractivity contribution >= 4 is 28.6 Å². The van der Waals surface area contributed by atoms with Gasteiger partial charge in [-0.15, -0.1) is 0 Å². The van der Waals surface area contributed by atoms with Crippen LogP contribution < -0.4 is 5.56 Å². The fourth-order valence-electron chi connectivity index (χ4n) is 3.44. The number of nitrogens with zero attached hydrogens (tertiary/aromatic N) is 4. The number of aryl methyl sites for hydroxylation is 1. The monoisotopic (exact) mass is 444 g/mol. The summed E-state index contributed by atoms with van der Waals surface area (Å²) in [6.45, 7) is 4.29. The predicted octanol–water partition coefficient (Wildman–Crippen LogP) is 4.23. The van der Waals surface area contributed by atoms with Crippen LogP contribution in [-0.2, 0) is 11.3 Å². The van der Waals surface area contributed by atoms with E-state index in [1.54, 1.807) is 30.3 Å². The van der Waals surface area contributed by atoms with Crippen molar-refractivity contribution in [2.24, 2.45) is 0 Å². The lowest BCUT2D eigenvalue weighted by Gasteiger charge is -2.22. The van der Waals surface area contributed by atoms with Gasteiger partial charge in [0.05, 0.1) is 16.2 Å². The fraction of sp³-hybridized carbons (Fsp3) is 0.200. The van der Waals surface area contributed by atoms with E-state index in [2.05, 4.69) is 4.98 Å². The summed E-state index contributed by atoms with van der Waals surface area (Å²) in [6.07, 6.45) is 1.72. The van der Waals surface area contributed by atoms with Gasteiger partial charge in [-0.25, -0.2) is 14.5 Å². The summed E-state index contributed by atoms with van der Waals surface area (Å²) in [4.78, 5) is 37.2. The van der Waals surface area contributed by atoms with E-state index in [9.17, 15) is 9.59 Å². The van der Waals surface area contributed by atoms with Crippen LogP contribution in [0.15, 0.2) is 82.9 Å². The molecule has 0 radical (unpaired) electrons. The molecule has 0 aliphatic rings. The molecule has 1 amide bonds. The van der Waals surface area contributed by atoms with Crippen LogP contribution in [0.4, 0.5) is 0 Å². The van der Waals surface area contributed by atoms with E-state index in [4.69, 9.17) is 4.98 Å². The number of thioether (sulfide) groups is 1. The van der Waals surface area contributed by atoms with Gasteiger partial charge < -0.3 is 4.90 Å². The maximum absolute atomic E-state index is 13.3. The zero-order valence-corrected chi connectivity index (χ0v) is 19.0. The topological polar surface area (TPSA) is 68.1 Å². The number of para-hydroxylation sites is 1. The normalized spacial score (nSPS) is 12.0. The smallest absolute Gasteiger partial charge is 0.267 e. The van der Waals surface area contributed by atoms with Crippen molar-refractivity contribution in [2.45, 2.75) is 30.8 Å². The van der Waals surface area contributed by atoms with E-state index >= 15 is 0 Å². The number of carbonyl (C=O) groups excluding carboxylic acids is 1. The lowest BCUT2D eigenvalue weighted by Crippen LogP contribution is -2.33. The van der Waals surface area contributed by atoms with E-state index in [1.165, 1.54) is 16.3 Å². The van der Waals surface area contributed by atoms with Crippen LogP contribution in [0.25, 0.3) is 16.7 Å². The van der Waals surface area contributed by atoms with Crippen LogP contribution in [0.3, 0.4) is 0 Å². The van der Waals surface area contributed by atoms with Crippen LogP contribution in [0, 0.1) is 6.92 Å². The maximum Gasteiger partial charge on any atom is 0.267 e. The highest BCUT2D eigenvalue weighted by molar-refractivity contribution is 8.00. The second kappa shape index (κ2) is 9.36. The molecule has 162 valence electrons. The minimum absolute atomic E-state index is 0.0373.